The average molecular weight is 540 g/mol. The van der Waals surface area contributed by atoms with Crippen LogP contribution in [0.15, 0.2) is 84.1 Å². The second-order valence-corrected chi connectivity index (χ2v) is 11.2. The number of carbonyl (C=O) groups excluding carboxylic acids is 2. The quantitative estimate of drug-likeness (QED) is 0.384. The molecule has 1 atom stereocenters. The van der Waals surface area contributed by atoms with Crippen molar-refractivity contribution in [2.75, 3.05) is 37.5 Å². The van der Waals surface area contributed by atoms with Gasteiger partial charge in [-0.05, 0) is 53.6 Å². The number of nitrogens with one attached hydrogen (secondary N) is 2. The third-order valence-corrected chi connectivity index (χ3v) is 7.62. The van der Waals surface area contributed by atoms with E-state index in [9.17, 15) is 9.59 Å². The highest BCUT2D eigenvalue weighted by Crippen LogP contribution is 2.49. The van der Waals surface area contributed by atoms with Crippen LogP contribution in [-0.4, -0.2) is 39.0 Å². The summed E-state index contributed by atoms with van der Waals surface area (Å²) in [5, 5.41) is 6.69. The van der Waals surface area contributed by atoms with Crippen molar-refractivity contribution in [3.05, 3.63) is 95.2 Å². The van der Waals surface area contributed by atoms with Gasteiger partial charge < -0.3 is 25.0 Å². The van der Waals surface area contributed by atoms with Gasteiger partial charge in [-0.1, -0.05) is 62.4 Å². The van der Waals surface area contributed by atoms with Crippen LogP contribution in [0.2, 0.25) is 0 Å². The van der Waals surface area contributed by atoms with Crippen LogP contribution in [0.3, 0.4) is 0 Å². The van der Waals surface area contributed by atoms with Gasteiger partial charge in [0, 0.05) is 24.2 Å². The van der Waals surface area contributed by atoms with Crippen LogP contribution >= 0.6 is 0 Å². The van der Waals surface area contributed by atoms with Gasteiger partial charge in [-0.3, -0.25) is 9.59 Å². The molecule has 1 heterocycles. The van der Waals surface area contributed by atoms with E-state index in [4.69, 9.17) is 9.47 Å². The minimum absolute atomic E-state index is 0.0833. The van der Waals surface area contributed by atoms with Crippen molar-refractivity contribution >= 4 is 23.1 Å². The zero-order chi connectivity index (χ0) is 28.3. The topological polar surface area (TPSA) is 79.9 Å². The molecule has 0 radical (unpaired) electrons. The summed E-state index contributed by atoms with van der Waals surface area (Å²) in [6.07, 6.45) is 1.90. The molecule has 0 saturated carbocycles. The van der Waals surface area contributed by atoms with Gasteiger partial charge in [0.05, 0.1) is 38.2 Å². The number of carbonyl (C=O) groups is 2. The fourth-order valence-electron chi connectivity index (χ4n) is 5.80. The van der Waals surface area contributed by atoms with Gasteiger partial charge in [0.2, 0.25) is 5.91 Å². The Hall–Kier alpha value is -4.26. The number of fused-ring (bicyclic) bond motifs is 1. The van der Waals surface area contributed by atoms with Gasteiger partial charge in [0.1, 0.15) is 0 Å². The van der Waals surface area contributed by atoms with E-state index < -0.39 is 6.04 Å². The SMILES string of the molecule is COc1ccc(C2C3=C(CC(C)(C)CC3=O)Nc3ccccc3N2CC(=O)NCCc2ccccc2)cc1OC. The molecule has 0 aromatic heterocycles. The molecule has 3 aromatic carbocycles. The maximum absolute atomic E-state index is 13.9. The number of hydrogen-bond acceptors (Lipinski definition) is 6. The van der Waals surface area contributed by atoms with E-state index in [2.05, 4.69) is 36.6 Å². The van der Waals surface area contributed by atoms with Crippen LogP contribution < -0.4 is 25.0 Å². The smallest absolute Gasteiger partial charge is 0.239 e. The van der Waals surface area contributed by atoms with Crippen LogP contribution in [0.4, 0.5) is 11.4 Å². The van der Waals surface area contributed by atoms with Gasteiger partial charge in [-0.25, -0.2) is 0 Å². The van der Waals surface area contributed by atoms with Gasteiger partial charge in [0.25, 0.3) is 0 Å². The number of allylic oxidation sites excluding steroid dienone is 1. The first-order valence-corrected chi connectivity index (χ1v) is 13.7. The lowest BCUT2D eigenvalue weighted by Crippen LogP contribution is -2.42. The Morgan fingerprint density at radius 1 is 0.975 bits per heavy atom. The van der Waals surface area contributed by atoms with Crippen molar-refractivity contribution in [3.8, 4) is 11.5 Å². The number of hydrogen-bond donors (Lipinski definition) is 2. The van der Waals surface area contributed by atoms with Crippen LogP contribution in [0.25, 0.3) is 0 Å². The molecule has 0 saturated heterocycles. The lowest BCUT2D eigenvalue weighted by atomic mass is 9.73. The molecule has 0 bridgehead atoms. The maximum atomic E-state index is 13.9. The molecule has 1 aliphatic carbocycles. The summed E-state index contributed by atoms with van der Waals surface area (Å²) in [5.74, 6) is 1.15. The number of rotatable bonds is 8. The molecule has 0 fully saturated rings. The Morgan fingerprint density at radius 3 is 2.45 bits per heavy atom. The summed E-state index contributed by atoms with van der Waals surface area (Å²) in [4.78, 5) is 29.4. The summed E-state index contributed by atoms with van der Waals surface area (Å²) in [7, 11) is 3.20. The van der Waals surface area contributed by atoms with Crippen molar-refractivity contribution in [1.29, 1.82) is 0 Å². The minimum atomic E-state index is -0.491. The van der Waals surface area contributed by atoms with E-state index in [1.165, 1.54) is 5.56 Å². The van der Waals surface area contributed by atoms with Crippen LogP contribution in [-0.2, 0) is 16.0 Å². The van der Waals surface area contributed by atoms with Gasteiger partial charge >= 0.3 is 0 Å². The lowest BCUT2D eigenvalue weighted by molar-refractivity contribution is -0.120. The molecule has 7 nitrogen and oxygen atoms in total. The van der Waals surface area contributed by atoms with Gasteiger partial charge in [-0.15, -0.1) is 0 Å². The van der Waals surface area contributed by atoms with E-state index in [1.54, 1.807) is 14.2 Å². The van der Waals surface area contributed by atoms with Crippen molar-refractivity contribution < 1.29 is 19.1 Å². The van der Waals surface area contributed by atoms with Crippen LogP contribution in [0.5, 0.6) is 11.5 Å². The standard InChI is InChI=1S/C33H37N3O4/c1-33(2)19-25-31(27(37)20-33)32(23-14-15-28(39-3)29(18-23)40-4)36(26-13-9-8-12-24(26)35-25)21-30(38)34-17-16-22-10-6-5-7-11-22/h5-15,18,32,35H,16-17,19-21H2,1-4H3,(H,34,38). The summed E-state index contributed by atoms with van der Waals surface area (Å²) >= 11 is 0. The van der Waals surface area contributed by atoms with E-state index in [-0.39, 0.29) is 23.7 Å². The first-order chi connectivity index (χ1) is 19.3. The summed E-state index contributed by atoms with van der Waals surface area (Å²) < 4.78 is 11.1. The summed E-state index contributed by atoms with van der Waals surface area (Å²) in [5.41, 5.74) is 5.18. The number of anilines is 2. The highest BCUT2D eigenvalue weighted by atomic mass is 16.5. The van der Waals surface area contributed by atoms with Crippen LogP contribution in [0.1, 0.15) is 43.9 Å². The highest BCUT2D eigenvalue weighted by molar-refractivity contribution is 6.02. The maximum Gasteiger partial charge on any atom is 0.239 e. The molecule has 1 unspecified atom stereocenters. The third kappa shape index (κ3) is 5.69. The van der Waals surface area contributed by atoms with E-state index in [1.807, 2.05) is 65.6 Å². The largest absolute Gasteiger partial charge is 0.493 e. The molecule has 5 rings (SSSR count). The van der Waals surface area contributed by atoms with E-state index >= 15 is 0 Å². The summed E-state index contributed by atoms with van der Waals surface area (Å²) in [6.45, 7) is 4.85. The van der Waals surface area contributed by atoms with Crippen molar-refractivity contribution in [1.82, 2.24) is 5.32 Å². The van der Waals surface area contributed by atoms with E-state index in [0.29, 0.717) is 30.0 Å². The van der Waals surface area contributed by atoms with Crippen molar-refractivity contribution in [2.24, 2.45) is 5.41 Å². The number of ketones is 1. The Morgan fingerprint density at radius 2 is 1.70 bits per heavy atom. The molecular formula is C33H37N3O4. The zero-order valence-electron chi connectivity index (χ0n) is 23.6. The molecule has 3 aromatic rings. The fraction of sp³-hybridized carbons (Fsp3) is 0.333. The second kappa shape index (κ2) is 11.5. The number of para-hydroxylation sites is 2. The molecular weight excluding hydrogens is 502 g/mol. The number of methoxy groups -OCH3 is 2. The van der Waals surface area contributed by atoms with Gasteiger partial charge in [-0.2, -0.15) is 0 Å². The second-order valence-electron chi connectivity index (χ2n) is 11.2. The monoisotopic (exact) mass is 539 g/mol. The number of amides is 1. The minimum Gasteiger partial charge on any atom is -0.493 e. The Labute approximate surface area is 236 Å². The van der Waals surface area contributed by atoms with Crippen molar-refractivity contribution in [2.45, 2.75) is 39.2 Å². The molecule has 7 heteroatoms. The highest BCUT2D eigenvalue weighted by Gasteiger charge is 2.42. The Kier molecular flexibility index (Phi) is 7.83. The molecule has 208 valence electrons. The fourth-order valence-corrected chi connectivity index (χ4v) is 5.80. The van der Waals surface area contributed by atoms with E-state index in [0.717, 1.165) is 35.5 Å². The molecule has 2 N–H and O–H groups in total. The number of ether oxygens (including phenoxy) is 2. The molecule has 1 aliphatic heterocycles. The average Bonchev–Trinajstić information content (AvgIpc) is 3.07. The molecule has 2 aliphatic rings. The summed E-state index contributed by atoms with van der Waals surface area (Å²) in [6, 6.07) is 23.3. The zero-order valence-corrected chi connectivity index (χ0v) is 23.6. The predicted octanol–water partition coefficient (Wildman–Crippen LogP) is 5.68. The number of nitrogens with zero attached hydrogens (tertiary/aromatic N) is 1. The number of benzene rings is 3. The molecule has 40 heavy (non-hydrogen) atoms. The molecule has 0 spiro atoms. The predicted molar refractivity (Wildman–Crippen MR) is 158 cm³/mol. The lowest BCUT2D eigenvalue weighted by Gasteiger charge is -2.38. The Bertz CT molecular complexity index is 1430. The first kappa shape index (κ1) is 27.3. The number of Topliss-reactive ketones (excluding diaryl/α,β-unsaturated/α-hetero) is 1. The third-order valence-electron chi connectivity index (χ3n) is 7.62. The first-order valence-electron chi connectivity index (χ1n) is 13.7. The van der Waals surface area contributed by atoms with Crippen molar-refractivity contribution in [3.63, 3.8) is 0 Å². The van der Waals surface area contributed by atoms with Gasteiger partial charge in [0.15, 0.2) is 17.3 Å². The normalized spacial score (nSPS) is 17.8. The Balaban J connectivity index is 1.56. The van der Waals surface area contributed by atoms with Crippen LogP contribution in [0, 0.1) is 5.41 Å². The molecule has 1 amide bonds.